The van der Waals surface area contributed by atoms with Crippen molar-refractivity contribution < 1.29 is 9.47 Å². The molecule has 7 heteroatoms. The van der Waals surface area contributed by atoms with Gasteiger partial charge in [-0.3, -0.25) is 4.99 Å². The van der Waals surface area contributed by atoms with Gasteiger partial charge in [0, 0.05) is 51.4 Å². The highest BCUT2D eigenvalue weighted by molar-refractivity contribution is 14.0. The monoisotopic (exact) mass is 524 g/mol. The van der Waals surface area contributed by atoms with E-state index in [1.165, 1.54) is 11.3 Å². The number of rotatable bonds is 8. The van der Waals surface area contributed by atoms with Gasteiger partial charge in [-0.2, -0.15) is 0 Å². The minimum Gasteiger partial charge on any atom is -0.488 e. The summed E-state index contributed by atoms with van der Waals surface area (Å²) >= 11 is 0. The smallest absolute Gasteiger partial charge is 0.191 e. The van der Waals surface area contributed by atoms with Crippen LogP contribution in [0.5, 0.6) is 5.75 Å². The third kappa shape index (κ3) is 7.36. The average Bonchev–Trinajstić information content (AvgIpc) is 3.25. The molecule has 0 spiro atoms. The molecule has 0 saturated carbocycles. The molecule has 2 N–H and O–H groups in total. The lowest BCUT2D eigenvalue weighted by molar-refractivity contribution is 0.140. The Hall–Kier alpha value is -2.00. The maximum atomic E-state index is 6.18. The van der Waals surface area contributed by atoms with Crippen molar-refractivity contribution in [1.82, 2.24) is 10.6 Å². The Kier molecular flexibility index (Phi) is 10.2. The second-order valence-corrected chi connectivity index (χ2v) is 7.32. The molecular weight excluding hydrogens is 491 g/mol. The maximum absolute atomic E-state index is 6.18. The molecule has 0 radical (unpaired) electrons. The Morgan fingerprint density at radius 3 is 2.70 bits per heavy atom. The summed E-state index contributed by atoms with van der Waals surface area (Å²) in [6.07, 6.45) is 1.08. The first kappa shape index (κ1) is 24.3. The van der Waals surface area contributed by atoms with E-state index in [4.69, 9.17) is 9.47 Å². The van der Waals surface area contributed by atoms with Gasteiger partial charge in [0.2, 0.25) is 0 Å². The highest BCUT2D eigenvalue weighted by atomic mass is 127. The molecule has 1 unspecified atom stereocenters. The predicted molar refractivity (Wildman–Crippen MR) is 134 cm³/mol. The molecule has 0 aliphatic carbocycles. The van der Waals surface area contributed by atoms with Crippen molar-refractivity contribution in [1.29, 1.82) is 0 Å². The largest absolute Gasteiger partial charge is 0.488 e. The van der Waals surface area contributed by atoms with Gasteiger partial charge in [-0.1, -0.05) is 30.3 Å². The SMILES string of the molecule is CN=C(NCCN(C)c1ccccc1)NCc1ccc(C)cc1OC1CCOC1.I. The molecule has 0 aromatic heterocycles. The number of ether oxygens (including phenoxy) is 2. The molecule has 3 rings (SSSR count). The number of aliphatic imine (C=N–C) groups is 1. The predicted octanol–water partition coefficient (Wildman–Crippen LogP) is 3.58. The van der Waals surface area contributed by atoms with Crippen LogP contribution < -0.4 is 20.3 Å². The second kappa shape index (κ2) is 12.6. The second-order valence-electron chi connectivity index (χ2n) is 7.32. The molecule has 1 fully saturated rings. The molecule has 1 saturated heterocycles. The molecule has 30 heavy (non-hydrogen) atoms. The quantitative estimate of drug-likeness (QED) is 0.314. The van der Waals surface area contributed by atoms with Gasteiger partial charge in [-0.25, -0.2) is 0 Å². The van der Waals surface area contributed by atoms with Gasteiger partial charge in [0.1, 0.15) is 11.9 Å². The zero-order valence-electron chi connectivity index (χ0n) is 18.1. The summed E-state index contributed by atoms with van der Waals surface area (Å²) in [7, 11) is 3.88. The van der Waals surface area contributed by atoms with Gasteiger partial charge in [-0.05, 0) is 30.7 Å². The molecule has 1 heterocycles. The van der Waals surface area contributed by atoms with Gasteiger partial charge in [0.25, 0.3) is 0 Å². The van der Waals surface area contributed by atoms with E-state index in [1.54, 1.807) is 7.05 Å². The molecule has 0 amide bonds. The molecule has 6 nitrogen and oxygen atoms in total. The van der Waals surface area contributed by atoms with Gasteiger partial charge < -0.3 is 25.0 Å². The number of nitrogens with one attached hydrogen (secondary N) is 2. The Morgan fingerprint density at radius 1 is 1.20 bits per heavy atom. The number of likely N-dealkylation sites (N-methyl/N-ethyl adjacent to an activating group) is 1. The summed E-state index contributed by atoms with van der Waals surface area (Å²) in [6, 6.07) is 16.7. The highest BCUT2D eigenvalue weighted by Gasteiger charge is 2.18. The highest BCUT2D eigenvalue weighted by Crippen LogP contribution is 2.23. The standard InChI is InChI=1S/C23H32N4O2.HI/c1-18-9-10-19(22(15-18)29-21-11-14-28-17-21)16-26-23(24-2)25-12-13-27(3)20-7-5-4-6-8-20;/h4-10,15,21H,11-14,16-17H2,1-3H3,(H2,24,25,26);1H. The third-order valence-electron chi connectivity index (χ3n) is 5.01. The first-order valence-corrected chi connectivity index (χ1v) is 10.2. The van der Waals surface area contributed by atoms with Crippen LogP contribution in [-0.4, -0.2) is 52.5 Å². The number of anilines is 1. The van der Waals surface area contributed by atoms with Crippen molar-refractivity contribution in [2.75, 3.05) is 45.3 Å². The summed E-state index contributed by atoms with van der Waals surface area (Å²) in [5.41, 5.74) is 3.51. The maximum Gasteiger partial charge on any atom is 0.191 e. The number of guanidine groups is 1. The Bertz CT molecular complexity index is 795. The van der Waals surface area contributed by atoms with Crippen molar-refractivity contribution in [2.45, 2.75) is 26.0 Å². The molecule has 1 aliphatic heterocycles. The Morgan fingerprint density at radius 2 is 2.00 bits per heavy atom. The van der Waals surface area contributed by atoms with E-state index in [9.17, 15) is 0 Å². The van der Waals surface area contributed by atoms with Crippen LogP contribution >= 0.6 is 24.0 Å². The van der Waals surface area contributed by atoms with E-state index in [-0.39, 0.29) is 30.1 Å². The van der Waals surface area contributed by atoms with Crippen LogP contribution in [-0.2, 0) is 11.3 Å². The molecule has 0 bridgehead atoms. The number of nitrogens with zero attached hydrogens (tertiary/aromatic N) is 2. The van der Waals surface area contributed by atoms with E-state index in [2.05, 4.69) is 77.0 Å². The number of halogens is 1. The topological polar surface area (TPSA) is 58.1 Å². The Labute approximate surface area is 197 Å². The van der Waals surface area contributed by atoms with Crippen LogP contribution in [0.2, 0.25) is 0 Å². The minimum atomic E-state index is 0. The molecular formula is C23H33IN4O2. The first-order valence-electron chi connectivity index (χ1n) is 10.2. The van der Waals surface area contributed by atoms with Crippen molar-refractivity contribution in [3.05, 3.63) is 59.7 Å². The first-order chi connectivity index (χ1) is 14.2. The normalized spacial score (nSPS) is 16.0. The van der Waals surface area contributed by atoms with Crippen LogP contribution in [0.3, 0.4) is 0 Å². The number of hydrogen-bond donors (Lipinski definition) is 2. The molecule has 2 aromatic rings. The van der Waals surface area contributed by atoms with Crippen molar-refractivity contribution >= 4 is 35.6 Å². The zero-order valence-corrected chi connectivity index (χ0v) is 20.4. The van der Waals surface area contributed by atoms with Crippen molar-refractivity contribution in [3.63, 3.8) is 0 Å². The van der Waals surface area contributed by atoms with E-state index in [0.29, 0.717) is 13.2 Å². The Balaban J connectivity index is 0.00000320. The van der Waals surface area contributed by atoms with Crippen LogP contribution in [0.4, 0.5) is 5.69 Å². The molecule has 1 atom stereocenters. The van der Waals surface area contributed by atoms with Crippen LogP contribution in [0.1, 0.15) is 17.5 Å². The van der Waals surface area contributed by atoms with Crippen LogP contribution in [0, 0.1) is 6.92 Å². The molecule has 2 aromatic carbocycles. The number of benzene rings is 2. The molecule has 1 aliphatic rings. The minimum absolute atomic E-state index is 0. The van der Waals surface area contributed by atoms with Gasteiger partial charge >= 0.3 is 0 Å². The van der Waals surface area contributed by atoms with Crippen LogP contribution in [0.25, 0.3) is 0 Å². The van der Waals surface area contributed by atoms with Crippen LogP contribution in [0.15, 0.2) is 53.5 Å². The van der Waals surface area contributed by atoms with Crippen molar-refractivity contribution in [3.8, 4) is 5.75 Å². The lowest BCUT2D eigenvalue weighted by Crippen LogP contribution is -2.40. The number of para-hydroxylation sites is 1. The van der Waals surface area contributed by atoms with Gasteiger partial charge in [0.15, 0.2) is 5.96 Å². The van der Waals surface area contributed by atoms with Gasteiger partial charge in [0.05, 0.1) is 13.2 Å². The zero-order chi connectivity index (χ0) is 20.5. The lowest BCUT2D eigenvalue weighted by Gasteiger charge is -2.21. The van der Waals surface area contributed by atoms with Gasteiger partial charge in [-0.15, -0.1) is 24.0 Å². The van der Waals surface area contributed by atoms with E-state index < -0.39 is 0 Å². The molecule has 164 valence electrons. The van der Waals surface area contributed by atoms with E-state index in [0.717, 1.165) is 43.4 Å². The summed E-state index contributed by atoms with van der Waals surface area (Å²) < 4.78 is 11.6. The number of hydrogen-bond acceptors (Lipinski definition) is 4. The fourth-order valence-corrected chi connectivity index (χ4v) is 3.26. The summed E-state index contributed by atoms with van der Waals surface area (Å²) in [6.45, 7) is 5.85. The van der Waals surface area contributed by atoms with E-state index >= 15 is 0 Å². The fraction of sp³-hybridized carbons (Fsp3) is 0.435. The summed E-state index contributed by atoms with van der Waals surface area (Å²) in [5, 5.41) is 6.77. The lowest BCUT2D eigenvalue weighted by atomic mass is 10.1. The fourth-order valence-electron chi connectivity index (χ4n) is 3.26. The third-order valence-corrected chi connectivity index (χ3v) is 5.01. The summed E-state index contributed by atoms with van der Waals surface area (Å²) in [4.78, 5) is 6.56. The summed E-state index contributed by atoms with van der Waals surface area (Å²) in [5.74, 6) is 1.70. The average molecular weight is 524 g/mol. The van der Waals surface area contributed by atoms with Crippen molar-refractivity contribution in [2.24, 2.45) is 4.99 Å². The van der Waals surface area contributed by atoms with E-state index in [1.807, 2.05) is 6.07 Å². The number of aryl methyl sites for hydroxylation is 1.